The first-order chi connectivity index (χ1) is 6.44. The van der Waals surface area contributed by atoms with Crippen LogP contribution in [-0.4, -0.2) is 35.2 Å². The number of H-pyrrole nitrogens is 1. The SMILES string of the molecule is CCS(=O)(=O)Cc1ncc(C(=O)O)[nH]1. The summed E-state index contributed by atoms with van der Waals surface area (Å²) in [7, 11) is -3.17. The molecule has 0 aromatic carbocycles. The van der Waals surface area contributed by atoms with Crippen LogP contribution in [0.2, 0.25) is 0 Å². The molecule has 0 unspecified atom stereocenters. The summed E-state index contributed by atoms with van der Waals surface area (Å²) in [4.78, 5) is 16.5. The Morgan fingerprint density at radius 1 is 1.64 bits per heavy atom. The summed E-state index contributed by atoms with van der Waals surface area (Å²) < 4.78 is 22.3. The van der Waals surface area contributed by atoms with Crippen LogP contribution >= 0.6 is 0 Å². The highest BCUT2D eigenvalue weighted by molar-refractivity contribution is 7.90. The molecule has 0 fully saturated rings. The van der Waals surface area contributed by atoms with Crippen molar-refractivity contribution < 1.29 is 18.3 Å². The number of aromatic carboxylic acids is 1. The van der Waals surface area contributed by atoms with Crippen LogP contribution in [0.5, 0.6) is 0 Å². The molecule has 6 nitrogen and oxygen atoms in total. The van der Waals surface area contributed by atoms with Gasteiger partial charge in [-0.2, -0.15) is 0 Å². The molecule has 14 heavy (non-hydrogen) atoms. The molecule has 1 heterocycles. The Bertz CT molecular complexity index is 434. The first-order valence-corrected chi connectivity index (χ1v) is 5.74. The Hall–Kier alpha value is -1.37. The Kier molecular flexibility index (Phi) is 2.90. The van der Waals surface area contributed by atoms with E-state index in [1.54, 1.807) is 0 Å². The van der Waals surface area contributed by atoms with Crippen LogP contribution in [0.15, 0.2) is 6.20 Å². The average molecular weight is 218 g/mol. The summed E-state index contributed by atoms with van der Waals surface area (Å²) in [6, 6.07) is 0. The van der Waals surface area contributed by atoms with Crippen LogP contribution in [0.4, 0.5) is 0 Å². The number of carboxylic acids is 1. The maximum atomic E-state index is 11.1. The van der Waals surface area contributed by atoms with Crippen molar-refractivity contribution in [3.63, 3.8) is 0 Å². The van der Waals surface area contributed by atoms with E-state index in [4.69, 9.17) is 5.11 Å². The molecule has 0 atom stereocenters. The zero-order valence-corrected chi connectivity index (χ0v) is 8.34. The molecule has 1 rings (SSSR count). The topological polar surface area (TPSA) is 100 Å². The minimum atomic E-state index is -3.17. The Balaban J connectivity index is 2.84. The molecular formula is C7H10N2O4S. The van der Waals surface area contributed by atoms with Gasteiger partial charge in [-0.1, -0.05) is 6.92 Å². The second-order valence-corrected chi connectivity index (χ2v) is 5.08. The van der Waals surface area contributed by atoms with E-state index in [9.17, 15) is 13.2 Å². The zero-order chi connectivity index (χ0) is 10.8. The Labute approximate surface area is 80.9 Å². The number of aromatic nitrogens is 2. The molecule has 0 saturated carbocycles. The molecule has 2 N–H and O–H groups in total. The Morgan fingerprint density at radius 3 is 2.71 bits per heavy atom. The third kappa shape index (κ3) is 2.56. The van der Waals surface area contributed by atoms with Crippen molar-refractivity contribution in [3.8, 4) is 0 Å². The van der Waals surface area contributed by atoms with E-state index in [0.29, 0.717) is 0 Å². The van der Waals surface area contributed by atoms with Crippen LogP contribution in [0.1, 0.15) is 23.2 Å². The number of aromatic amines is 1. The van der Waals surface area contributed by atoms with E-state index in [0.717, 1.165) is 6.20 Å². The van der Waals surface area contributed by atoms with E-state index in [-0.39, 0.29) is 23.0 Å². The monoisotopic (exact) mass is 218 g/mol. The maximum Gasteiger partial charge on any atom is 0.353 e. The van der Waals surface area contributed by atoms with Gasteiger partial charge in [0.15, 0.2) is 9.84 Å². The third-order valence-corrected chi connectivity index (χ3v) is 3.25. The highest BCUT2D eigenvalue weighted by atomic mass is 32.2. The number of nitrogens with one attached hydrogen (secondary N) is 1. The van der Waals surface area contributed by atoms with E-state index in [1.165, 1.54) is 6.92 Å². The Morgan fingerprint density at radius 2 is 2.29 bits per heavy atom. The number of carbonyl (C=O) groups is 1. The first-order valence-electron chi connectivity index (χ1n) is 3.92. The lowest BCUT2D eigenvalue weighted by atomic mass is 10.5. The normalized spacial score (nSPS) is 11.5. The molecular weight excluding hydrogens is 208 g/mol. The standard InChI is InChI=1S/C7H10N2O4S/c1-2-14(12,13)4-6-8-3-5(9-6)7(10)11/h3H,2,4H2,1H3,(H,8,9)(H,10,11). The fourth-order valence-corrected chi connectivity index (χ4v) is 1.62. The highest BCUT2D eigenvalue weighted by Gasteiger charge is 2.13. The summed E-state index contributed by atoms with van der Waals surface area (Å²) in [6.07, 6.45) is 1.10. The second-order valence-electron chi connectivity index (χ2n) is 2.73. The van der Waals surface area contributed by atoms with E-state index >= 15 is 0 Å². The lowest BCUT2D eigenvalue weighted by Crippen LogP contribution is -2.08. The first kappa shape index (κ1) is 10.7. The number of nitrogens with zero attached hydrogens (tertiary/aromatic N) is 1. The zero-order valence-electron chi connectivity index (χ0n) is 7.52. The molecule has 1 aromatic heterocycles. The quantitative estimate of drug-likeness (QED) is 0.743. The third-order valence-electron chi connectivity index (χ3n) is 1.66. The molecule has 78 valence electrons. The van der Waals surface area contributed by atoms with Gasteiger partial charge >= 0.3 is 5.97 Å². The summed E-state index contributed by atoms with van der Waals surface area (Å²) in [5, 5.41) is 8.53. The molecule has 0 saturated heterocycles. The van der Waals surface area contributed by atoms with Crippen LogP contribution < -0.4 is 0 Å². The van der Waals surface area contributed by atoms with Crippen molar-refractivity contribution >= 4 is 15.8 Å². The number of rotatable bonds is 4. The molecule has 0 bridgehead atoms. The largest absolute Gasteiger partial charge is 0.477 e. The van der Waals surface area contributed by atoms with E-state index < -0.39 is 15.8 Å². The van der Waals surface area contributed by atoms with Gasteiger partial charge in [0.1, 0.15) is 17.3 Å². The highest BCUT2D eigenvalue weighted by Crippen LogP contribution is 2.03. The lowest BCUT2D eigenvalue weighted by molar-refractivity contribution is 0.0691. The van der Waals surface area contributed by atoms with Crippen LogP contribution in [0.25, 0.3) is 0 Å². The van der Waals surface area contributed by atoms with Gasteiger partial charge in [0.05, 0.1) is 6.20 Å². The number of hydrogen-bond acceptors (Lipinski definition) is 4. The predicted octanol–water partition coefficient (Wildman–Crippen LogP) is 0.0426. The fraction of sp³-hybridized carbons (Fsp3) is 0.429. The van der Waals surface area contributed by atoms with Gasteiger partial charge in [0, 0.05) is 5.75 Å². The molecule has 0 radical (unpaired) electrons. The maximum absolute atomic E-state index is 11.1. The molecule has 0 amide bonds. The number of hydrogen-bond donors (Lipinski definition) is 2. The van der Waals surface area contributed by atoms with Gasteiger partial charge < -0.3 is 10.1 Å². The van der Waals surface area contributed by atoms with Gasteiger partial charge in [-0.15, -0.1) is 0 Å². The predicted molar refractivity (Wildman–Crippen MR) is 48.7 cm³/mol. The summed E-state index contributed by atoms with van der Waals surface area (Å²) in [5.74, 6) is -1.24. The van der Waals surface area contributed by atoms with Gasteiger partial charge in [0.2, 0.25) is 0 Å². The lowest BCUT2D eigenvalue weighted by Gasteiger charge is -1.96. The minimum absolute atomic E-state index is 0.0100. The van der Waals surface area contributed by atoms with Gasteiger partial charge in [-0.25, -0.2) is 18.2 Å². The van der Waals surface area contributed by atoms with Crippen molar-refractivity contribution in [1.82, 2.24) is 9.97 Å². The van der Waals surface area contributed by atoms with E-state index in [2.05, 4.69) is 9.97 Å². The van der Waals surface area contributed by atoms with Crippen molar-refractivity contribution in [1.29, 1.82) is 0 Å². The molecule has 0 aliphatic carbocycles. The minimum Gasteiger partial charge on any atom is -0.477 e. The smallest absolute Gasteiger partial charge is 0.353 e. The van der Waals surface area contributed by atoms with Gasteiger partial charge in [-0.3, -0.25) is 0 Å². The van der Waals surface area contributed by atoms with E-state index in [1.807, 2.05) is 0 Å². The number of imidazole rings is 1. The summed E-state index contributed by atoms with van der Waals surface area (Å²) >= 11 is 0. The summed E-state index contributed by atoms with van der Waals surface area (Å²) in [5.41, 5.74) is -0.105. The van der Waals surface area contributed by atoms with Gasteiger partial charge in [0.25, 0.3) is 0 Å². The van der Waals surface area contributed by atoms with Crippen molar-refractivity contribution in [2.24, 2.45) is 0 Å². The second kappa shape index (κ2) is 3.79. The average Bonchev–Trinajstić information content (AvgIpc) is 2.52. The van der Waals surface area contributed by atoms with Crippen LogP contribution in [0.3, 0.4) is 0 Å². The number of carboxylic acid groups (broad SMARTS) is 1. The molecule has 1 aromatic rings. The fourth-order valence-electron chi connectivity index (χ4n) is 0.855. The molecule has 0 aliphatic heterocycles. The van der Waals surface area contributed by atoms with Crippen LogP contribution in [0, 0.1) is 0 Å². The van der Waals surface area contributed by atoms with Gasteiger partial charge in [-0.05, 0) is 0 Å². The van der Waals surface area contributed by atoms with Crippen molar-refractivity contribution in [2.45, 2.75) is 12.7 Å². The molecule has 0 aliphatic rings. The summed E-state index contributed by atoms with van der Waals surface area (Å²) in [6.45, 7) is 1.52. The van der Waals surface area contributed by atoms with Crippen molar-refractivity contribution in [2.75, 3.05) is 5.75 Å². The van der Waals surface area contributed by atoms with Crippen molar-refractivity contribution in [3.05, 3.63) is 17.7 Å². The molecule has 7 heteroatoms. The molecule has 0 spiro atoms. The van der Waals surface area contributed by atoms with Crippen LogP contribution in [-0.2, 0) is 15.6 Å². The number of sulfone groups is 1.